The fourth-order valence-corrected chi connectivity index (χ4v) is 5.06. The zero-order valence-corrected chi connectivity index (χ0v) is 23.7. The quantitative estimate of drug-likeness (QED) is 0.165. The monoisotopic (exact) mass is 611 g/mol. The third-order valence-corrected chi connectivity index (χ3v) is 6.92. The highest BCUT2D eigenvalue weighted by Crippen LogP contribution is 2.46. The summed E-state index contributed by atoms with van der Waals surface area (Å²) in [4.78, 5) is 13.9. The molecule has 41 heavy (non-hydrogen) atoms. The number of rotatable bonds is 11. The van der Waals surface area contributed by atoms with Crippen LogP contribution < -0.4 is 29.1 Å². The van der Waals surface area contributed by atoms with E-state index in [2.05, 4.69) is 4.18 Å². The molecule has 0 aliphatic heterocycles. The number of benzene rings is 3. The van der Waals surface area contributed by atoms with Crippen molar-refractivity contribution in [3.63, 3.8) is 0 Å². The zero-order valence-electron chi connectivity index (χ0n) is 22.1. The Morgan fingerprint density at radius 2 is 1.41 bits per heavy atom. The summed E-state index contributed by atoms with van der Waals surface area (Å²) in [5, 5.41) is -0.0714. The zero-order chi connectivity index (χ0) is 30.1. The van der Waals surface area contributed by atoms with Gasteiger partial charge in [-0.15, -0.1) is 0 Å². The Bertz CT molecular complexity index is 1900. The van der Waals surface area contributed by atoms with Gasteiger partial charge in [0.05, 0.1) is 40.4 Å². The van der Waals surface area contributed by atoms with Gasteiger partial charge in [0.2, 0.25) is 5.43 Å². The maximum Gasteiger partial charge on any atom is 0.397 e. The molecule has 0 atom stereocenters. The molecule has 0 fully saturated rings. The molecule has 0 amide bonds. The van der Waals surface area contributed by atoms with Crippen LogP contribution in [-0.2, 0) is 37.9 Å². The predicted molar refractivity (Wildman–Crippen MR) is 147 cm³/mol. The van der Waals surface area contributed by atoms with Gasteiger partial charge in [0, 0.05) is 18.1 Å². The van der Waals surface area contributed by atoms with Crippen molar-refractivity contribution < 1.29 is 53.5 Å². The van der Waals surface area contributed by atoms with Crippen LogP contribution in [0.15, 0.2) is 45.6 Å². The van der Waals surface area contributed by atoms with Gasteiger partial charge in [0.15, 0.2) is 23.0 Å². The Morgan fingerprint density at radius 3 is 1.95 bits per heavy atom. The SMILES string of the molecule is COc1cc2oc3c(Cc4ccc(COS(=O)(=O)O)cc4)c(OC)c(NS(=O)(=O)O)c(OC)c3c(=O)c2cc1OC. The molecule has 0 bridgehead atoms. The maximum absolute atomic E-state index is 13.9. The van der Waals surface area contributed by atoms with Crippen LogP contribution in [0.5, 0.6) is 23.0 Å². The largest absolute Gasteiger partial charge is 0.494 e. The summed E-state index contributed by atoms with van der Waals surface area (Å²) < 4.78 is 98.1. The Kier molecular flexibility index (Phi) is 8.32. The molecular formula is C25H25NO13S2. The van der Waals surface area contributed by atoms with Gasteiger partial charge in [0.25, 0.3) is 0 Å². The molecule has 0 radical (unpaired) electrons. The lowest BCUT2D eigenvalue weighted by Crippen LogP contribution is -2.15. The summed E-state index contributed by atoms with van der Waals surface area (Å²) in [6.45, 7) is -0.414. The molecule has 0 aliphatic carbocycles. The number of ether oxygens (including phenoxy) is 4. The van der Waals surface area contributed by atoms with E-state index in [1.165, 1.54) is 40.6 Å². The first-order chi connectivity index (χ1) is 19.3. The lowest BCUT2D eigenvalue weighted by atomic mass is 9.98. The molecule has 3 N–H and O–H groups in total. The number of anilines is 1. The van der Waals surface area contributed by atoms with Crippen molar-refractivity contribution >= 4 is 48.3 Å². The van der Waals surface area contributed by atoms with Crippen LogP contribution in [0, 0.1) is 0 Å². The highest BCUT2D eigenvalue weighted by Gasteiger charge is 2.28. The maximum atomic E-state index is 13.9. The third kappa shape index (κ3) is 6.31. The van der Waals surface area contributed by atoms with Crippen molar-refractivity contribution in [2.24, 2.45) is 0 Å². The molecule has 4 aromatic rings. The first kappa shape index (κ1) is 29.9. The first-order valence-electron chi connectivity index (χ1n) is 11.5. The van der Waals surface area contributed by atoms with E-state index in [-0.39, 0.29) is 62.6 Å². The van der Waals surface area contributed by atoms with Crippen molar-refractivity contribution in [1.82, 2.24) is 0 Å². The lowest BCUT2D eigenvalue weighted by Gasteiger charge is -2.20. The Balaban J connectivity index is 2.03. The van der Waals surface area contributed by atoms with Crippen LogP contribution in [0.1, 0.15) is 16.7 Å². The molecule has 0 spiro atoms. The fraction of sp³-hybridized carbons (Fsp3) is 0.240. The summed E-state index contributed by atoms with van der Waals surface area (Å²) >= 11 is 0. The lowest BCUT2D eigenvalue weighted by molar-refractivity contribution is 0.259. The smallest absolute Gasteiger partial charge is 0.397 e. The van der Waals surface area contributed by atoms with Gasteiger partial charge < -0.3 is 23.4 Å². The summed E-state index contributed by atoms with van der Waals surface area (Å²) in [6, 6.07) is 9.18. The predicted octanol–water partition coefficient (Wildman–Crippen LogP) is 3.11. The van der Waals surface area contributed by atoms with Gasteiger partial charge in [-0.25, -0.2) is 4.18 Å². The second kappa shape index (κ2) is 11.4. The molecule has 0 saturated heterocycles. The van der Waals surface area contributed by atoms with Crippen molar-refractivity contribution in [3.05, 3.63) is 63.3 Å². The van der Waals surface area contributed by atoms with Gasteiger partial charge in [-0.2, -0.15) is 16.8 Å². The van der Waals surface area contributed by atoms with Crippen molar-refractivity contribution in [3.8, 4) is 23.0 Å². The van der Waals surface area contributed by atoms with E-state index < -0.39 is 32.7 Å². The number of nitrogens with one attached hydrogen (secondary N) is 1. The van der Waals surface area contributed by atoms with Crippen LogP contribution in [0.3, 0.4) is 0 Å². The molecule has 220 valence electrons. The van der Waals surface area contributed by atoms with Gasteiger partial charge in [-0.05, 0) is 17.2 Å². The van der Waals surface area contributed by atoms with Crippen molar-refractivity contribution in [2.75, 3.05) is 33.2 Å². The minimum absolute atomic E-state index is 0.00286. The van der Waals surface area contributed by atoms with Gasteiger partial charge >= 0.3 is 20.7 Å². The van der Waals surface area contributed by atoms with E-state index in [9.17, 15) is 26.2 Å². The van der Waals surface area contributed by atoms with Crippen LogP contribution in [-0.4, -0.2) is 54.4 Å². The first-order valence-corrected chi connectivity index (χ1v) is 14.3. The van der Waals surface area contributed by atoms with E-state index in [1.54, 1.807) is 24.3 Å². The average Bonchev–Trinajstić information content (AvgIpc) is 2.91. The van der Waals surface area contributed by atoms with Crippen molar-refractivity contribution in [1.29, 1.82) is 0 Å². The Morgan fingerprint density at radius 1 is 0.829 bits per heavy atom. The molecule has 3 aromatic carbocycles. The number of methoxy groups -OCH3 is 4. The summed E-state index contributed by atoms with van der Waals surface area (Å²) in [7, 11) is -4.24. The molecule has 14 nitrogen and oxygen atoms in total. The number of fused-ring (bicyclic) bond motifs is 2. The van der Waals surface area contributed by atoms with Gasteiger partial charge in [0.1, 0.15) is 22.2 Å². The summed E-state index contributed by atoms with van der Waals surface area (Å²) in [5.74, 6) is 0.166. The second-order valence-corrected chi connectivity index (χ2v) is 10.8. The van der Waals surface area contributed by atoms with Gasteiger partial charge in [-0.3, -0.25) is 18.6 Å². The molecule has 4 rings (SSSR count). The van der Waals surface area contributed by atoms with Crippen LogP contribution in [0.4, 0.5) is 5.69 Å². The molecule has 0 saturated carbocycles. The van der Waals surface area contributed by atoms with E-state index in [4.69, 9.17) is 27.9 Å². The van der Waals surface area contributed by atoms with Crippen molar-refractivity contribution in [2.45, 2.75) is 13.0 Å². The summed E-state index contributed by atoms with van der Waals surface area (Å²) in [5.41, 5.74) is 0.416. The van der Waals surface area contributed by atoms with Crippen LogP contribution in [0.25, 0.3) is 21.9 Å². The van der Waals surface area contributed by atoms with E-state index in [0.717, 1.165) is 0 Å². The second-order valence-electron chi connectivity index (χ2n) is 8.52. The Hall–Kier alpha value is -4.09. The topological polar surface area (TPSA) is 197 Å². The van der Waals surface area contributed by atoms with E-state index in [1.807, 2.05) is 4.72 Å². The number of hydrogen-bond acceptors (Lipinski definition) is 11. The minimum Gasteiger partial charge on any atom is -0.494 e. The summed E-state index contributed by atoms with van der Waals surface area (Å²) in [6.07, 6.45) is 0.00496. The molecule has 0 unspecified atom stereocenters. The minimum atomic E-state index is -4.86. The Labute approximate surface area is 234 Å². The normalized spacial score (nSPS) is 12.0. The molecule has 16 heteroatoms. The molecule has 1 heterocycles. The van der Waals surface area contributed by atoms with Crippen LogP contribution >= 0.6 is 0 Å². The molecule has 1 aromatic heterocycles. The van der Waals surface area contributed by atoms with E-state index in [0.29, 0.717) is 11.1 Å². The standard InChI is InChI=1S/C25H25NO13S2/c1-34-18-10-15-17(11-19(18)35-2)39-23-16(9-13-5-7-14(8-6-13)12-38-41(31,32)33)24(36-3)21(26-40(28,29)30)25(37-4)20(23)22(15)27/h5-8,10-11,26H,9,12H2,1-4H3,(H,28,29,30)(H,31,32,33). The highest BCUT2D eigenvalue weighted by molar-refractivity contribution is 7.87. The van der Waals surface area contributed by atoms with Crippen LogP contribution in [0.2, 0.25) is 0 Å². The van der Waals surface area contributed by atoms with E-state index >= 15 is 0 Å². The van der Waals surface area contributed by atoms with Gasteiger partial charge in [-0.1, -0.05) is 24.3 Å². The highest BCUT2D eigenvalue weighted by atomic mass is 32.3. The average molecular weight is 612 g/mol. The number of hydrogen-bond donors (Lipinski definition) is 3. The fourth-order valence-electron chi connectivity index (χ4n) is 4.33. The third-order valence-electron chi connectivity index (χ3n) is 6.04. The molecular weight excluding hydrogens is 586 g/mol. The molecule has 0 aliphatic rings.